The summed E-state index contributed by atoms with van der Waals surface area (Å²) in [7, 11) is 4.28. The number of carbonyl (C=O) groups is 2. The molecule has 0 aliphatic heterocycles. The monoisotopic (exact) mass is 348 g/mol. The summed E-state index contributed by atoms with van der Waals surface area (Å²) in [5.74, 6) is -1.08. The highest BCUT2D eigenvalue weighted by Gasteiger charge is 2.15. The largest absolute Gasteiger partial charge is 0.497 e. The summed E-state index contributed by atoms with van der Waals surface area (Å²) in [5.41, 5.74) is 4.33. The van der Waals surface area contributed by atoms with Gasteiger partial charge >= 0.3 is 0 Å². The van der Waals surface area contributed by atoms with Gasteiger partial charge in [-0.05, 0) is 24.3 Å². The minimum absolute atomic E-state index is 0.201. The molecule has 2 rings (SSSR count). The number of halogens is 1. The molecular formula is C17H17FN2O5. The molecule has 25 heavy (non-hydrogen) atoms. The molecule has 2 N–H and O–H groups in total. The molecule has 132 valence electrons. The standard InChI is InChI=1S/C17H17FN2O5/c1-23-11-4-5-14(15(18)9-11)17(22)20-19-16(21)10-6-12(24-2)8-13(7-10)25-3/h4-9H,1-3H3,(H,19,21)(H,20,22). The van der Waals surface area contributed by atoms with Gasteiger partial charge in [-0.25, -0.2) is 4.39 Å². The summed E-state index contributed by atoms with van der Waals surface area (Å²) in [4.78, 5) is 24.1. The van der Waals surface area contributed by atoms with Crippen molar-refractivity contribution in [3.63, 3.8) is 0 Å². The predicted molar refractivity (Wildman–Crippen MR) is 87.4 cm³/mol. The van der Waals surface area contributed by atoms with Crippen LogP contribution in [0.4, 0.5) is 4.39 Å². The van der Waals surface area contributed by atoms with Crippen LogP contribution in [-0.4, -0.2) is 33.1 Å². The number of benzene rings is 2. The van der Waals surface area contributed by atoms with Gasteiger partial charge in [-0.15, -0.1) is 0 Å². The number of hydrogen-bond donors (Lipinski definition) is 2. The number of amides is 2. The Morgan fingerprint density at radius 2 is 1.36 bits per heavy atom. The number of ether oxygens (including phenoxy) is 3. The lowest BCUT2D eigenvalue weighted by atomic mass is 10.2. The van der Waals surface area contributed by atoms with Crippen LogP contribution < -0.4 is 25.1 Å². The lowest BCUT2D eigenvalue weighted by molar-refractivity contribution is 0.0844. The highest BCUT2D eigenvalue weighted by atomic mass is 19.1. The maximum Gasteiger partial charge on any atom is 0.272 e. The number of hydrogen-bond acceptors (Lipinski definition) is 5. The molecule has 8 heteroatoms. The van der Waals surface area contributed by atoms with Crippen LogP contribution >= 0.6 is 0 Å². The molecule has 2 aromatic carbocycles. The average molecular weight is 348 g/mol. The van der Waals surface area contributed by atoms with E-state index in [1.54, 1.807) is 6.07 Å². The van der Waals surface area contributed by atoms with Crippen LogP contribution in [0.15, 0.2) is 36.4 Å². The van der Waals surface area contributed by atoms with Crippen molar-refractivity contribution in [2.45, 2.75) is 0 Å². The van der Waals surface area contributed by atoms with Crippen LogP contribution in [0.1, 0.15) is 20.7 Å². The molecule has 0 aliphatic carbocycles. The molecule has 0 fully saturated rings. The fourth-order valence-corrected chi connectivity index (χ4v) is 2.00. The summed E-state index contributed by atoms with van der Waals surface area (Å²) in [6.45, 7) is 0. The zero-order valence-corrected chi connectivity index (χ0v) is 13.9. The van der Waals surface area contributed by atoms with E-state index in [2.05, 4.69) is 10.9 Å². The Balaban J connectivity index is 2.08. The highest BCUT2D eigenvalue weighted by molar-refractivity contribution is 5.99. The fraction of sp³-hybridized carbons (Fsp3) is 0.176. The van der Waals surface area contributed by atoms with E-state index >= 15 is 0 Å². The van der Waals surface area contributed by atoms with E-state index in [1.165, 1.54) is 45.6 Å². The number of nitrogens with one attached hydrogen (secondary N) is 2. The Hall–Kier alpha value is -3.29. The molecule has 0 saturated heterocycles. The molecule has 2 aromatic rings. The van der Waals surface area contributed by atoms with Crippen molar-refractivity contribution in [1.29, 1.82) is 0 Å². The number of carbonyl (C=O) groups excluding carboxylic acids is 2. The lowest BCUT2D eigenvalue weighted by Gasteiger charge is -2.11. The molecule has 0 radical (unpaired) electrons. The van der Waals surface area contributed by atoms with E-state index in [0.29, 0.717) is 11.5 Å². The third kappa shape index (κ3) is 4.37. The number of methoxy groups -OCH3 is 3. The molecular weight excluding hydrogens is 331 g/mol. The second-order valence-electron chi connectivity index (χ2n) is 4.86. The first kappa shape index (κ1) is 18.1. The molecule has 0 spiro atoms. The minimum Gasteiger partial charge on any atom is -0.497 e. The first-order chi connectivity index (χ1) is 12.0. The molecule has 0 unspecified atom stereocenters. The predicted octanol–water partition coefficient (Wildman–Crippen LogP) is 1.93. The Bertz CT molecular complexity index is 772. The Morgan fingerprint density at radius 3 is 1.88 bits per heavy atom. The Kier molecular flexibility index (Phi) is 5.78. The van der Waals surface area contributed by atoms with Crippen molar-refractivity contribution in [2.24, 2.45) is 0 Å². The van der Waals surface area contributed by atoms with Gasteiger partial charge in [0.15, 0.2) is 0 Å². The van der Waals surface area contributed by atoms with Crippen LogP contribution in [0.25, 0.3) is 0 Å². The van der Waals surface area contributed by atoms with Gasteiger partial charge in [0.05, 0.1) is 26.9 Å². The highest BCUT2D eigenvalue weighted by Crippen LogP contribution is 2.22. The van der Waals surface area contributed by atoms with Crippen molar-refractivity contribution in [2.75, 3.05) is 21.3 Å². The van der Waals surface area contributed by atoms with E-state index in [-0.39, 0.29) is 16.9 Å². The first-order valence-electron chi connectivity index (χ1n) is 7.15. The summed E-state index contributed by atoms with van der Waals surface area (Å²) in [6, 6.07) is 8.30. The van der Waals surface area contributed by atoms with Gasteiger partial charge in [0, 0.05) is 17.7 Å². The topological polar surface area (TPSA) is 85.9 Å². The third-order valence-electron chi connectivity index (χ3n) is 3.32. The molecule has 0 bridgehead atoms. The fourth-order valence-electron chi connectivity index (χ4n) is 2.00. The molecule has 0 saturated carbocycles. The zero-order valence-electron chi connectivity index (χ0n) is 13.9. The van der Waals surface area contributed by atoms with Crippen molar-refractivity contribution in [1.82, 2.24) is 10.9 Å². The van der Waals surface area contributed by atoms with Gasteiger partial charge in [-0.2, -0.15) is 0 Å². The quantitative estimate of drug-likeness (QED) is 0.807. The third-order valence-corrected chi connectivity index (χ3v) is 3.32. The van der Waals surface area contributed by atoms with Gasteiger partial charge in [0.2, 0.25) is 0 Å². The van der Waals surface area contributed by atoms with E-state index in [4.69, 9.17) is 14.2 Å². The van der Waals surface area contributed by atoms with E-state index in [1.807, 2.05) is 0 Å². The Labute approximate surface area is 143 Å². The van der Waals surface area contributed by atoms with Crippen LogP contribution in [0.2, 0.25) is 0 Å². The Morgan fingerprint density at radius 1 is 0.800 bits per heavy atom. The minimum atomic E-state index is -0.802. The van der Waals surface area contributed by atoms with Gasteiger partial charge in [-0.3, -0.25) is 20.4 Å². The van der Waals surface area contributed by atoms with Crippen LogP contribution in [0, 0.1) is 5.82 Å². The average Bonchev–Trinajstić information content (AvgIpc) is 2.64. The van der Waals surface area contributed by atoms with Crippen LogP contribution in [-0.2, 0) is 0 Å². The molecule has 7 nitrogen and oxygen atoms in total. The van der Waals surface area contributed by atoms with Crippen molar-refractivity contribution in [3.05, 3.63) is 53.3 Å². The zero-order chi connectivity index (χ0) is 18.4. The summed E-state index contributed by atoms with van der Waals surface area (Å²) >= 11 is 0. The second kappa shape index (κ2) is 8.00. The van der Waals surface area contributed by atoms with Crippen molar-refractivity contribution < 1.29 is 28.2 Å². The van der Waals surface area contributed by atoms with Crippen LogP contribution in [0.5, 0.6) is 17.2 Å². The SMILES string of the molecule is COc1cc(OC)cc(C(=O)NNC(=O)c2ccc(OC)cc2F)c1. The molecule has 0 aliphatic rings. The maximum atomic E-state index is 13.8. The van der Waals surface area contributed by atoms with Gasteiger partial charge in [0.25, 0.3) is 11.8 Å². The summed E-state index contributed by atoms with van der Waals surface area (Å²) in [6.07, 6.45) is 0. The number of rotatable bonds is 5. The lowest BCUT2D eigenvalue weighted by Crippen LogP contribution is -2.41. The summed E-state index contributed by atoms with van der Waals surface area (Å²) in [5, 5.41) is 0. The molecule has 0 atom stereocenters. The van der Waals surface area contributed by atoms with Gasteiger partial charge in [-0.1, -0.05) is 0 Å². The van der Waals surface area contributed by atoms with Crippen LogP contribution in [0.3, 0.4) is 0 Å². The van der Waals surface area contributed by atoms with E-state index in [0.717, 1.165) is 6.07 Å². The molecule has 0 heterocycles. The van der Waals surface area contributed by atoms with E-state index in [9.17, 15) is 14.0 Å². The molecule has 0 aromatic heterocycles. The van der Waals surface area contributed by atoms with Gasteiger partial charge in [0.1, 0.15) is 23.1 Å². The molecule has 2 amide bonds. The van der Waals surface area contributed by atoms with Crippen molar-refractivity contribution in [3.8, 4) is 17.2 Å². The van der Waals surface area contributed by atoms with Gasteiger partial charge < -0.3 is 14.2 Å². The summed E-state index contributed by atoms with van der Waals surface area (Å²) < 4.78 is 28.9. The smallest absolute Gasteiger partial charge is 0.272 e. The van der Waals surface area contributed by atoms with Crippen molar-refractivity contribution >= 4 is 11.8 Å². The normalized spacial score (nSPS) is 9.92. The maximum absolute atomic E-state index is 13.8. The number of hydrazine groups is 1. The van der Waals surface area contributed by atoms with E-state index < -0.39 is 17.6 Å². The second-order valence-corrected chi connectivity index (χ2v) is 4.86. The first-order valence-corrected chi connectivity index (χ1v) is 7.15.